The minimum absolute atomic E-state index is 0.00654. The maximum Gasteiger partial charge on any atom is 0.244 e. The summed E-state index contributed by atoms with van der Waals surface area (Å²) in [7, 11) is -2.35. The van der Waals surface area contributed by atoms with Crippen molar-refractivity contribution >= 4 is 27.5 Å². The van der Waals surface area contributed by atoms with Gasteiger partial charge in [0.1, 0.15) is 18.4 Å². The van der Waals surface area contributed by atoms with Gasteiger partial charge in [0.15, 0.2) is 0 Å². The predicted molar refractivity (Wildman–Crippen MR) is 173 cm³/mol. The minimum atomic E-state index is -3.86. The Morgan fingerprint density at radius 2 is 1.44 bits per heavy atom. The number of nitrogens with one attached hydrogen (secondary N) is 1. The van der Waals surface area contributed by atoms with E-state index in [9.17, 15) is 22.4 Å². The number of hydrogen-bond donors (Lipinski definition) is 1. The molecule has 0 radical (unpaired) electrons. The number of amides is 2. The summed E-state index contributed by atoms with van der Waals surface area (Å²) in [4.78, 5) is 28.8. The van der Waals surface area contributed by atoms with Crippen LogP contribution in [0.4, 0.5) is 10.1 Å². The zero-order valence-corrected chi connectivity index (χ0v) is 26.8. The first kappa shape index (κ1) is 31.3. The number of anilines is 1. The van der Waals surface area contributed by atoms with Gasteiger partial charge in [0.2, 0.25) is 21.8 Å². The van der Waals surface area contributed by atoms with Gasteiger partial charge in [-0.25, -0.2) is 12.8 Å². The second-order valence-electron chi connectivity index (χ2n) is 13.5. The molecule has 4 aliphatic rings. The smallest absolute Gasteiger partial charge is 0.244 e. The molecule has 0 aliphatic heterocycles. The SMILES string of the molecule is CNC(=O)C(Cc1ccccc1)N(Cc1ccc(F)cc1)C(=O)CN(c1ccc(C23CC4CC(CC(C4)C2)C3)cc1)S(C)(=O)=O. The molecule has 1 atom stereocenters. The molecule has 238 valence electrons. The van der Waals surface area contributed by atoms with Gasteiger partial charge in [-0.05, 0) is 103 Å². The van der Waals surface area contributed by atoms with Crippen LogP contribution >= 0.6 is 0 Å². The average molecular weight is 632 g/mol. The Balaban J connectivity index is 1.29. The molecular weight excluding hydrogens is 589 g/mol. The molecule has 3 aromatic carbocycles. The van der Waals surface area contributed by atoms with Crippen LogP contribution in [0.15, 0.2) is 78.9 Å². The van der Waals surface area contributed by atoms with Gasteiger partial charge in [0, 0.05) is 20.0 Å². The molecule has 4 aliphatic carbocycles. The van der Waals surface area contributed by atoms with Gasteiger partial charge in [0.25, 0.3) is 0 Å². The first-order valence-corrected chi connectivity index (χ1v) is 17.8. The van der Waals surface area contributed by atoms with Gasteiger partial charge in [-0.3, -0.25) is 13.9 Å². The van der Waals surface area contributed by atoms with Gasteiger partial charge < -0.3 is 10.2 Å². The fraction of sp³-hybridized carbons (Fsp3) is 0.444. The lowest BCUT2D eigenvalue weighted by Crippen LogP contribution is -2.52. The van der Waals surface area contributed by atoms with Crippen molar-refractivity contribution in [2.45, 2.75) is 62.9 Å². The Kier molecular flexibility index (Phi) is 8.74. The summed E-state index contributed by atoms with van der Waals surface area (Å²) in [6, 6.07) is 21.9. The standard InChI is InChI=1S/C36H42FN3O4S/c1-38-35(42)33(19-25-6-4-3-5-7-25)39(23-26-8-12-31(37)13-9-26)34(41)24-40(45(2,43)44)32-14-10-30(11-15-32)36-20-27-16-28(21-36)18-29(17-27)22-36/h3-15,27-29,33H,16-24H2,1-2H3,(H,38,42). The Labute approximate surface area is 265 Å². The van der Waals surface area contributed by atoms with Gasteiger partial charge in [-0.1, -0.05) is 54.6 Å². The average Bonchev–Trinajstić information content (AvgIpc) is 3.01. The first-order chi connectivity index (χ1) is 21.5. The number of hydrogen-bond acceptors (Lipinski definition) is 4. The number of nitrogens with zero attached hydrogens (tertiary/aromatic N) is 2. The maximum atomic E-state index is 14.2. The van der Waals surface area contributed by atoms with E-state index < -0.39 is 34.3 Å². The molecule has 0 spiro atoms. The van der Waals surface area contributed by atoms with Crippen LogP contribution in [0.2, 0.25) is 0 Å². The quantitative estimate of drug-likeness (QED) is 0.305. The molecule has 45 heavy (non-hydrogen) atoms. The molecule has 7 rings (SSSR count). The van der Waals surface area contributed by atoms with E-state index in [0.29, 0.717) is 11.3 Å². The van der Waals surface area contributed by atoms with E-state index in [1.54, 1.807) is 12.1 Å². The molecule has 0 saturated heterocycles. The number of likely N-dealkylation sites (N-methyl/N-ethyl adjacent to an activating group) is 1. The van der Waals surface area contributed by atoms with Crippen LogP contribution in [0, 0.1) is 23.6 Å². The zero-order chi connectivity index (χ0) is 31.8. The molecule has 4 fully saturated rings. The van der Waals surface area contributed by atoms with Crippen molar-refractivity contribution in [3.05, 3.63) is 101 Å². The number of carbonyl (C=O) groups is 2. The Morgan fingerprint density at radius 3 is 1.98 bits per heavy atom. The third-order valence-corrected chi connectivity index (χ3v) is 11.4. The summed E-state index contributed by atoms with van der Waals surface area (Å²) in [5.41, 5.74) is 3.33. The molecule has 0 aromatic heterocycles. The van der Waals surface area contributed by atoms with Crippen LogP contribution in [-0.2, 0) is 38.0 Å². The van der Waals surface area contributed by atoms with Crippen LogP contribution in [-0.4, -0.2) is 51.0 Å². The number of sulfonamides is 1. The van der Waals surface area contributed by atoms with Crippen molar-refractivity contribution in [1.29, 1.82) is 0 Å². The molecule has 0 heterocycles. The highest BCUT2D eigenvalue weighted by atomic mass is 32.2. The zero-order valence-electron chi connectivity index (χ0n) is 26.0. The Bertz CT molecular complexity index is 1590. The van der Waals surface area contributed by atoms with E-state index in [0.717, 1.165) is 33.9 Å². The van der Waals surface area contributed by atoms with E-state index in [4.69, 9.17) is 0 Å². The lowest BCUT2D eigenvalue weighted by Gasteiger charge is -2.57. The van der Waals surface area contributed by atoms with E-state index >= 15 is 0 Å². The fourth-order valence-electron chi connectivity index (χ4n) is 8.57. The van der Waals surface area contributed by atoms with Gasteiger partial charge >= 0.3 is 0 Å². The summed E-state index contributed by atoms with van der Waals surface area (Å²) >= 11 is 0. The third-order valence-electron chi connectivity index (χ3n) is 10.3. The number of benzene rings is 3. The monoisotopic (exact) mass is 631 g/mol. The van der Waals surface area contributed by atoms with Gasteiger partial charge in [-0.2, -0.15) is 0 Å². The largest absolute Gasteiger partial charge is 0.357 e. The highest BCUT2D eigenvalue weighted by Gasteiger charge is 2.51. The van der Waals surface area contributed by atoms with Crippen LogP contribution in [0.3, 0.4) is 0 Å². The number of halogens is 1. The fourth-order valence-corrected chi connectivity index (χ4v) is 9.42. The molecule has 4 saturated carbocycles. The summed E-state index contributed by atoms with van der Waals surface area (Å²) in [6.45, 7) is -0.467. The maximum absolute atomic E-state index is 14.2. The Hall–Kier alpha value is -3.72. The Morgan fingerprint density at radius 1 is 0.867 bits per heavy atom. The summed E-state index contributed by atoms with van der Waals surface area (Å²) in [5, 5.41) is 2.67. The molecule has 4 bridgehead atoms. The third kappa shape index (κ3) is 6.78. The van der Waals surface area contributed by atoms with Gasteiger partial charge in [-0.15, -0.1) is 0 Å². The molecule has 2 amide bonds. The molecule has 1 N–H and O–H groups in total. The van der Waals surface area contributed by atoms with Gasteiger partial charge in [0.05, 0.1) is 11.9 Å². The van der Waals surface area contributed by atoms with E-state index in [2.05, 4.69) is 17.4 Å². The van der Waals surface area contributed by atoms with Crippen molar-refractivity contribution < 1.29 is 22.4 Å². The molecule has 3 aromatic rings. The summed E-state index contributed by atoms with van der Waals surface area (Å²) in [6.07, 6.45) is 8.96. The minimum Gasteiger partial charge on any atom is -0.357 e. The van der Waals surface area contributed by atoms with Crippen LogP contribution in [0.1, 0.15) is 55.2 Å². The highest BCUT2D eigenvalue weighted by molar-refractivity contribution is 7.92. The molecular formula is C36H42FN3O4S. The van der Waals surface area contributed by atoms with E-state index in [-0.39, 0.29) is 24.3 Å². The molecule has 7 nitrogen and oxygen atoms in total. The predicted octanol–water partition coefficient (Wildman–Crippen LogP) is 5.45. The second kappa shape index (κ2) is 12.6. The van der Waals surface area contributed by atoms with Crippen molar-refractivity contribution in [3.8, 4) is 0 Å². The number of carbonyl (C=O) groups excluding carboxylic acids is 2. The van der Waals surface area contributed by atoms with Crippen LogP contribution in [0.25, 0.3) is 0 Å². The summed E-state index contributed by atoms with van der Waals surface area (Å²) < 4.78 is 41.2. The van der Waals surface area contributed by atoms with Crippen molar-refractivity contribution in [2.24, 2.45) is 17.8 Å². The van der Waals surface area contributed by atoms with Crippen molar-refractivity contribution in [3.63, 3.8) is 0 Å². The molecule has 1 unspecified atom stereocenters. The molecule has 9 heteroatoms. The lowest BCUT2D eigenvalue weighted by atomic mass is 9.48. The summed E-state index contributed by atoms with van der Waals surface area (Å²) in [5.74, 6) is 1.05. The normalized spacial score (nSPS) is 24.2. The first-order valence-electron chi connectivity index (χ1n) is 15.9. The lowest BCUT2D eigenvalue weighted by molar-refractivity contribution is -0.139. The van der Waals surface area contributed by atoms with E-state index in [1.165, 1.54) is 68.2 Å². The topological polar surface area (TPSA) is 86.8 Å². The van der Waals surface area contributed by atoms with Crippen molar-refractivity contribution in [2.75, 3.05) is 24.2 Å². The van der Waals surface area contributed by atoms with Crippen LogP contribution in [0.5, 0.6) is 0 Å². The van der Waals surface area contributed by atoms with Crippen LogP contribution < -0.4 is 9.62 Å². The van der Waals surface area contributed by atoms with E-state index in [1.807, 2.05) is 42.5 Å². The second-order valence-corrected chi connectivity index (χ2v) is 15.4. The number of rotatable bonds is 11. The highest BCUT2D eigenvalue weighted by Crippen LogP contribution is 2.60. The van der Waals surface area contributed by atoms with Crippen molar-refractivity contribution in [1.82, 2.24) is 10.2 Å².